The first-order valence-electron chi connectivity index (χ1n) is 7.98. The second-order valence-corrected chi connectivity index (χ2v) is 6.95. The molecule has 126 valence electrons. The minimum absolute atomic E-state index is 0.160. The van der Waals surface area contributed by atoms with Gasteiger partial charge in [0.15, 0.2) is 6.10 Å². The van der Waals surface area contributed by atoms with Crippen LogP contribution in [-0.4, -0.2) is 23.7 Å². The molecule has 0 bridgehead atoms. The third kappa shape index (κ3) is 3.30. The van der Waals surface area contributed by atoms with Crippen LogP contribution >= 0.6 is 0 Å². The molecule has 1 unspecified atom stereocenters. The maximum absolute atomic E-state index is 12.4. The summed E-state index contributed by atoms with van der Waals surface area (Å²) in [4.78, 5) is 12.4. The summed E-state index contributed by atoms with van der Waals surface area (Å²) in [6.07, 6.45) is -0.621. The molecule has 2 aromatic rings. The number of hydrogen-bond donors (Lipinski definition) is 3. The molecule has 1 amide bonds. The lowest BCUT2D eigenvalue weighted by molar-refractivity contribution is -0.122. The van der Waals surface area contributed by atoms with Crippen molar-refractivity contribution in [3.05, 3.63) is 48.0 Å². The molecule has 0 saturated carbocycles. The van der Waals surface area contributed by atoms with Crippen molar-refractivity contribution in [2.75, 3.05) is 17.2 Å². The number of carbonyl (C=O) groups excluding carboxylic acids is 1. The van der Waals surface area contributed by atoms with Crippen LogP contribution in [0.1, 0.15) is 26.3 Å². The van der Waals surface area contributed by atoms with Gasteiger partial charge in [-0.3, -0.25) is 4.79 Å². The Kier molecular flexibility index (Phi) is 4.09. The summed E-state index contributed by atoms with van der Waals surface area (Å²) in [5, 5.41) is 16.2. The first kappa shape index (κ1) is 16.2. The summed E-state index contributed by atoms with van der Waals surface area (Å²) >= 11 is 0. The summed E-state index contributed by atoms with van der Waals surface area (Å²) in [7, 11) is 0. The van der Waals surface area contributed by atoms with Gasteiger partial charge in [-0.05, 0) is 29.2 Å². The molecule has 1 heterocycles. The van der Waals surface area contributed by atoms with E-state index >= 15 is 0 Å². The van der Waals surface area contributed by atoms with Crippen LogP contribution in [0, 0.1) is 0 Å². The van der Waals surface area contributed by atoms with E-state index in [4.69, 9.17) is 4.74 Å². The molecule has 5 heteroatoms. The van der Waals surface area contributed by atoms with E-state index in [-0.39, 0.29) is 17.1 Å². The highest BCUT2D eigenvalue weighted by molar-refractivity contribution is 5.95. The molecule has 0 fully saturated rings. The van der Waals surface area contributed by atoms with Gasteiger partial charge >= 0.3 is 0 Å². The normalized spacial score (nSPS) is 16.5. The van der Waals surface area contributed by atoms with Crippen molar-refractivity contribution in [1.29, 1.82) is 0 Å². The van der Waals surface area contributed by atoms with E-state index in [1.807, 2.05) is 51.1 Å². The number of fused-ring (bicyclic) bond motifs is 1. The lowest BCUT2D eigenvalue weighted by Gasteiger charge is -2.26. The van der Waals surface area contributed by atoms with E-state index in [1.165, 1.54) is 0 Å². The third-order valence-electron chi connectivity index (χ3n) is 4.00. The molecule has 0 aliphatic carbocycles. The van der Waals surface area contributed by atoms with Crippen LogP contribution in [0.5, 0.6) is 11.5 Å². The van der Waals surface area contributed by atoms with Crippen LogP contribution in [0.25, 0.3) is 0 Å². The molecule has 0 saturated heterocycles. The van der Waals surface area contributed by atoms with E-state index in [0.717, 1.165) is 11.3 Å². The molecule has 5 nitrogen and oxygen atoms in total. The number of amides is 1. The molecule has 0 radical (unpaired) electrons. The topological polar surface area (TPSA) is 70.6 Å². The molecular formula is C19H22N2O3. The predicted molar refractivity (Wildman–Crippen MR) is 94.8 cm³/mol. The van der Waals surface area contributed by atoms with Gasteiger partial charge in [0.25, 0.3) is 5.91 Å². The van der Waals surface area contributed by atoms with E-state index in [2.05, 4.69) is 10.6 Å². The lowest BCUT2D eigenvalue weighted by atomic mass is 9.86. The monoisotopic (exact) mass is 326 g/mol. The molecular weight excluding hydrogens is 304 g/mol. The fraction of sp³-hybridized carbons (Fsp3) is 0.316. The van der Waals surface area contributed by atoms with Crippen LogP contribution in [0.4, 0.5) is 11.4 Å². The fourth-order valence-corrected chi connectivity index (χ4v) is 2.73. The second kappa shape index (κ2) is 6.07. The van der Waals surface area contributed by atoms with Crippen molar-refractivity contribution in [3.63, 3.8) is 0 Å². The molecule has 1 atom stereocenters. The number of benzene rings is 2. The average molecular weight is 326 g/mol. The number of nitrogens with one attached hydrogen (secondary N) is 2. The van der Waals surface area contributed by atoms with Crippen molar-refractivity contribution in [3.8, 4) is 11.5 Å². The number of rotatable bonds is 2. The number of ether oxygens (including phenoxy) is 1. The number of anilines is 2. The Morgan fingerprint density at radius 2 is 2.00 bits per heavy atom. The molecule has 0 aromatic heterocycles. The van der Waals surface area contributed by atoms with E-state index in [9.17, 15) is 9.90 Å². The van der Waals surface area contributed by atoms with Gasteiger partial charge < -0.3 is 20.5 Å². The highest BCUT2D eigenvalue weighted by Gasteiger charge is 2.26. The Balaban J connectivity index is 1.71. The van der Waals surface area contributed by atoms with Crippen molar-refractivity contribution >= 4 is 17.3 Å². The van der Waals surface area contributed by atoms with Crippen LogP contribution in [0.15, 0.2) is 42.5 Å². The van der Waals surface area contributed by atoms with Gasteiger partial charge in [0, 0.05) is 11.8 Å². The van der Waals surface area contributed by atoms with E-state index in [0.29, 0.717) is 18.0 Å². The number of para-hydroxylation sites is 2. The Labute approximate surface area is 141 Å². The van der Waals surface area contributed by atoms with Crippen molar-refractivity contribution in [2.45, 2.75) is 32.3 Å². The van der Waals surface area contributed by atoms with Gasteiger partial charge in [-0.2, -0.15) is 0 Å². The van der Waals surface area contributed by atoms with Gasteiger partial charge in [-0.1, -0.05) is 39.0 Å². The molecule has 0 spiro atoms. The van der Waals surface area contributed by atoms with Gasteiger partial charge in [0.1, 0.15) is 11.5 Å². The zero-order valence-electron chi connectivity index (χ0n) is 14.1. The van der Waals surface area contributed by atoms with Gasteiger partial charge in [-0.15, -0.1) is 0 Å². The number of phenols is 1. The highest BCUT2D eigenvalue weighted by atomic mass is 16.5. The molecule has 1 aliphatic rings. The molecule has 3 rings (SSSR count). The average Bonchev–Trinajstić information content (AvgIpc) is 2.53. The van der Waals surface area contributed by atoms with Crippen molar-refractivity contribution in [1.82, 2.24) is 0 Å². The van der Waals surface area contributed by atoms with Gasteiger partial charge in [0.2, 0.25) is 0 Å². The lowest BCUT2D eigenvalue weighted by Crippen LogP contribution is -2.41. The highest BCUT2D eigenvalue weighted by Crippen LogP contribution is 2.33. The van der Waals surface area contributed by atoms with Crippen LogP contribution in [0.3, 0.4) is 0 Å². The minimum Gasteiger partial charge on any atom is -0.508 e. The standard InChI is InChI=1S/C19H22N2O3/c1-19(2,3)13-9-8-12(10-15(13)22)21-18(23)17-11-20-14-6-4-5-7-16(14)24-17/h4-10,17,20,22H,11H2,1-3H3,(H,21,23). The number of hydrogen-bond acceptors (Lipinski definition) is 4. The quantitative estimate of drug-likeness (QED) is 0.790. The Morgan fingerprint density at radius 3 is 2.71 bits per heavy atom. The Morgan fingerprint density at radius 1 is 1.25 bits per heavy atom. The van der Waals surface area contributed by atoms with Crippen LogP contribution < -0.4 is 15.4 Å². The summed E-state index contributed by atoms with van der Waals surface area (Å²) in [6, 6.07) is 12.7. The number of carbonyl (C=O) groups is 1. The van der Waals surface area contributed by atoms with E-state index in [1.54, 1.807) is 12.1 Å². The molecule has 1 aliphatic heterocycles. The largest absolute Gasteiger partial charge is 0.508 e. The number of phenolic OH excluding ortho intramolecular Hbond substituents is 1. The van der Waals surface area contributed by atoms with Gasteiger partial charge in [0.05, 0.1) is 12.2 Å². The zero-order chi connectivity index (χ0) is 17.3. The fourth-order valence-electron chi connectivity index (χ4n) is 2.73. The van der Waals surface area contributed by atoms with Crippen molar-refractivity contribution in [2.24, 2.45) is 0 Å². The van der Waals surface area contributed by atoms with Crippen molar-refractivity contribution < 1.29 is 14.6 Å². The summed E-state index contributed by atoms with van der Waals surface area (Å²) in [6.45, 7) is 6.48. The Hall–Kier alpha value is -2.69. The predicted octanol–water partition coefficient (Wildman–Crippen LogP) is 3.50. The van der Waals surface area contributed by atoms with Crippen LogP contribution in [-0.2, 0) is 10.2 Å². The minimum atomic E-state index is -0.621. The second-order valence-electron chi connectivity index (χ2n) is 6.95. The summed E-state index contributed by atoms with van der Waals surface area (Å²) in [5.41, 5.74) is 2.11. The first-order valence-corrected chi connectivity index (χ1v) is 7.98. The zero-order valence-corrected chi connectivity index (χ0v) is 14.1. The molecule has 2 aromatic carbocycles. The van der Waals surface area contributed by atoms with Crippen LogP contribution in [0.2, 0.25) is 0 Å². The third-order valence-corrected chi connectivity index (χ3v) is 4.00. The van der Waals surface area contributed by atoms with E-state index < -0.39 is 6.10 Å². The Bertz CT molecular complexity index is 765. The smallest absolute Gasteiger partial charge is 0.267 e. The SMILES string of the molecule is CC(C)(C)c1ccc(NC(=O)C2CNc3ccccc3O2)cc1O. The molecule has 24 heavy (non-hydrogen) atoms. The maximum atomic E-state index is 12.4. The van der Waals surface area contributed by atoms with Gasteiger partial charge in [-0.25, -0.2) is 0 Å². The maximum Gasteiger partial charge on any atom is 0.267 e. The molecule has 3 N–H and O–H groups in total. The first-order chi connectivity index (χ1) is 11.3. The summed E-state index contributed by atoms with van der Waals surface area (Å²) in [5.74, 6) is 0.586. The summed E-state index contributed by atoms with van der Waals surface area (Å²) < 4.78 is 5.74. The number of aromatic hydroxyl groups is 1.